The van der Waals surface area contributed by atoms with Gasteiger partial charge in [-0.2, -0.15) is 0 Å². The van der Waals surface area contributed by atoms with Gasteiger partial charge < -0.3 is 24.8 Å². The Balaban J connectivity index is 2.49. The first-order valence-corrected chi connectivity index (χ1v) is 9.14. The van der Waals surface area contributed by atoms with Crippen molar-refractivity contribution in [1.29, 1.82) is 0 Å². The maximum Gasteiger partial charge on any atom is 0.337 e. The first-order chi connectivity index (χ1) is 12.9. The predicted octanol–water partition coefficient (Wildman–Crippen LogP) is 3.45. The van der Waals surface area contributed by atoms with Gasteiger partial charge in [-0.25, -0.2) is 9.59 Å². The summed E-state index contributed by atoms with van der Waals surface area (Å²) < 4.78 is 16.1. The van der Waals surface area contributed by atoms with Gasteiger partial charge in [0.1, 0.15) is 0 Å². The normalized spacial score (nSPS) is 16.7. The molecule has 0 fully saturated rings. The maximum atomic E-state index is 12.5. The number of rotatable bonds is 8. The van der Waals surface area contributed by atoms with E-state index in [9.17, 15) is 9.59 Å². The number of carbonyl (C=O) groups excluding carboxylic acids is 2. The molecule has 0 radical (unpaired) electrons. The quantitative estimate of drug-likeness (QED) is 0.679. The Bertz CT molecular complexity index is 727. The minimum atomic E-state index is -0.625. The molecule has 2 N–H and O–H groups in total. The lowest BCUT2D eigenvalue weighted by Gasteiger charge is -2.29. The molecule has 2 amide bonds. The highest BCUT2D eigenvalue weighted by atomic mass is 16.5. The lowest BCUT2D eigenvalue weighted by molar-refractivity contribution is -0.136. The molecule has 1 aromatic carbocycles. The number of methoxy groups -OCH3 is 2. The number of carbonyl (C=O) groups is 2. The number of esters is 1. The lowest BCUT2D eigenvalue weighted by Crippen LogP contribution is -2.45. The summed E-state index contributed by atoms with van der Waals surface area (Å²) in [6, 6.07) is 4.40. The van der Waals surface area contributed by atoms with Crippen LogP contribution >= 0.6 is 0 Å². The molecule has 0 spiro atoms. The smallest absolute Gasteiger partial charge is 0.337 e. The molecule has 148 valence electrons. The van der Waals surface area contributed by atoms with E-state index in [-0.39, 0.29) is 12.1 Å². The summed E-state index contributed by atoms with van der Waals surface area (Å²) in [4.78, 5) is 24.6. The summed E-state index contributed by atoms with van der Waals surface area (Å²) >= 11 is 0. The fourth-order valence-corrected chi connectivity index (χ4v) is 2.98. The third-order valence-electron chi connectivity index (χ3n) is 4.22. The van der Waals surface area contributed by atoms with Crippen molar-refractivity contribution >= 4 is 12.0 Å². The van der Waals surface area contributed by atoms with Crippen LogP contribution in [-0.4, -0.2) is 32.3 Å². The topological polar surface area (TPSA) is 85.9 Å². The SMILES string of the molecule is CCCCC1=C(C(=O)OC)C(c2ccc(OC(C)C)c(OC)c2)NC(=O)N1. The molecule has 2 rings (SSSR count). The van der Waals surface area contributed by atoms with Crippen LogP contribution in [0.5, 0.6) is 11.5 Å². The second-order valence-corrected chi connectivity index (χ2v) is 6.60. The molecule has 1 atom stereocenters. The minimum absolute atomic E-state index is 0.00509. The van der Waals surface area contributed by atoms with E-state index in [1.807, 2.05) is 19.9 Å². The van der Waals surface area contributed by atoms with Crippen LogP contribution in [0.4, 0.5) is 4.79 Å². The molecule has 1 aliphatic rings. The van der Waals surface area contributed by atoms with Crippen molar-refractivity contribution in [3.63, 3.8) is 0 Å². The molecule has 1 aliphatic heterocycles. The van der Waals surface area contributed by atoms with Crippen LogP contribution in [-0.2, 0) is 9.53 Å². The van der Waals surface area contributed by atoms with E-state index in [2.05, 4.69) is 17.6 Å². The van der Waals surface area contributed by atoms with Gasteiger partial charge in [-0.05, 0) is 44.4 Å². The Morgan fingerprint density at radius 2 is 1.96 bits per heavy atom. The van der Waals surface area contributed by atoms with Crippen molar-refractivity contribution in [3.05, 3.63) is 35.0 Å². The Hall–Kier alpha value is -2.70. The fraction of sp³-hybridized carbons (Fsp3) is 0.500. The van der Waals surface area contributed by atoms with E-state index in [1.54, 1.807) is 19.2 Å². The third-order valence-corrected chi connectivity index (χ3v) is 4.22. The van der Waals surface area contributed by atoms with E-state index in [0.29, 0.717) is 34.8 Å². The van der Waals surface area contributed by atoms with E-state index in [4.69, 9.17) is 14.2 Å². The molecular weight excluding hydrogens is 348 g/mol. The van der Waals surface area contributed by atoms with Gasteiger partial charge in [0.05, 0.1) is 31.9 Å². The number of benzene rings is 1. The summed E-state index contributed by atoms with van der Waals surface area (Å²) in [5.41, 5.74) is 1.72. The molecular formula is C20H28N2O5. The minimum Gasteiger partial charge on any atom is -0.493 e. The largest absolute Gasteiger partial charge is 0.493 e. The van der Waals surface area contributed by atoms with Crippen molar-refractivity contribution < 1.29 is 23.8 Å². The van der Waals surface area contributed by atoms with E-state index < -0.39 is 12.0 Å². The van der Waals surface area contributed by atoms with Crippen molar-refractivity contribution in [3.8, 4) is 11.5 Å². The zero-order valence-corrected chi connectivity index (χ0v) is 16.5. The molecule has 7 heteroatoms. The highest BCUT2D eigenvalue weighted by molar-refractivity contribution is 5.95. The highest BCUT2D eigenvalue weighted by Gasteiger charge is 2.33. The molecule has 0 saturated heterocycles. The van der Waals surface area contributed by atoms with Crippen LogP contribution in [0.1, 0.15) is 51.6 Å². The van der Waals surface area contributed by atoms with Gasteiger partial charge in [-0.3, -0.25) is 0 Å². The van der Waals surface area contributed by atoms with Crippen LogP contribution in [0.15, 0.2) is 29.5 Å². The van der Waals surface area contributed by atoms with Gasteiger partial charge >= 0.3 is 12.0 Å². The summed E-state index contributed by atoms with van der Waals surface area (Å²) in [7, 11) is 2.89. The molecule has 27 heavy (non-hydrogen) atoms. The average Bonchev–Trinajstić information content (AvgIpc) is 2.65. The lowest BCUT2D eigenvalue weighted by atomic mass is 9.93. The Labute approximate surface area is 160 Å². The number of hydrogen-bond donors (Lipinski definition) is 2. The van der Waals surface area contributed by atoms with Gasteiger partial charge in [-0.15, -0.1) is 0 Å². The number of urea groups is 1. The van der Waals surface area contributed by atoms with Crippen molar-refractivity contribution in [2.45, 2.75) is 52.2 Å². The summed E-state index contributed by atoms with van der Waals surface area (Å²) in [6.45, 7) is 5.91. The number of hydrogen-bond acceptors (Lipinski definition) is 5. The molecule has 0 bridgehead atoms. The number of amides is 2. The van der Waals surface area contributed by atoms with Crippen LogP contribution in [0.25, 0.3) is 0 Å². The van der Waals surface area contributed by atoms with Gasteiger partial charge in [0.15, 0.2) is 11.5 Å². The standard InChI is InChI=1S/C20H28N2O5/c1-6-7-8-14-17(19(23)26-5)18(22-20(24)21-14)13-9-10-15(27-12(2)3)16(11-13)25-4/h9-12,18H,6-8H2,1-5H3,(H2,21,22,24). The van der Waals surface area contributed by atoms with Gasteiger partial charge in [-0.1, -0.05) is 19.4 Å². The number of unbranched alkanes of at least 4 members (excludes halogenated alkanes) is 1. The summed E-state index contributed by atoms with van der Waals surface area (Å²) in [6.07, 6.45) is 2.39. The fourth-order valence-electron chi connectivity index (χ4n) is 2.98. The number of allylic oxidation sites excluding steroid dienone is 1. The molecule has 1 aromatic rings. The second kappa shape index (κ2) is 9.30. The Kier molecular flexibility index (Phi) is 7.10. The number of nitrogens with one attached hydrogen (secondary N) is 2. The van der Waals surface area contributed by atoms with E-state index >= 15 is 0 Å². The molecule has 0 saturated carbocycles. The highest BCUT2D eigenvalue weighted by Crippen LogP contribution is 2.35. The van der Waals surface area contributed by atoms with Crippen LogP contribution in [0.3, 0.4) is 0 Å². The van der Waals surface area contributed by atoms with Crippen molar-refractivity contribution in [1.82, 2.24) is 10.6 Å². The Morgan fingerprint density at radius 3 is 2.56 bits per heavy atom. The van der Waals surface area contributed by atoms with Gasteiger partial charge in [0.25, 0.3) is 0 Å². The Morgan fingerprint density at radius 1 is 1.22 bits per heavy atom. The van der Waals surface area contributed by atoms with E-state index in [1.165, 1.54) is 7.11 Å². The monoisotopic (exact) mass is 376 g/mol. The summed E-state index contributed by atoms with van der Waals surface area (Å²) in [5, 5.41) is 5.57. The second-order valence-electron chi connectivity index (χ2n) is 6.60. The predicted molar refractivity (Wildman–Crippen MR) is 102 cm³/mol. The molecule has 7 nitrogen and oxygen atoms in total. The van der Waals surface area contributed by atoms with Crippen molar-refractivity contribution in [2.75, 3.05) is 14.2 Å². The van der Waals surface area contributed by atoms with Crippen LogP contribution < -0.4 is 20.1 Å². The van der Waals surface area contributed by atoms with E-state index in [0.717, 1.165) is 12.8 Å². The maximum absolute atomic E-state index is 12.5. The molecule has 1 unspecified atom stereocenters. The zero-order chi connectivity index (χ0) is 20.0. The number of ether oxygens (including phenoxy) is 3. The first kappa shape index (κ1) is 20.6. The van der Waals surface area contributed by atoms with Crippen LogP contribution in [0, 0.1) is 0 Å². The molecule has 0 aliphatic carbocycles. The first-order valence-electron chi connectivity index (χ1n) is 9.14. The average molecular weight is 376 g/mol. The zero-order valence-electron chi connectivity index (χ0n) is 16.5. The van der Waals surface area contributed by atoms with Crippen LogP contribution in [0.2, 0.25) is 0 Å². The molecule has 0 aromatic heterocycles. The molecule has 1 heterocycles. The third kappa shape index (κ3) is 4.93. The van der Waals surface area contributed by atoms with Crippen molar-refractivity contribution in [2.24, 2.45) is 0 Å². The summed E-state index contributed by atoms with van der Waals surface area (Å²) in [5.74, 6) is 0.666. The van der Waals surface area contributed by atoms with Gasteiger partial charge in [0.2, 0.25) is 0 Å². The van der Waals surface area contributed by atoms with Gasteiger partial charge in [0, 0.05) is 5.70 Å².